The number of amides is 1. The minimum Gasteiger partial charge on any atom is -0.385 e. The second-order valence-corrected chi connectivity index (χ2v) is 8.50. The van der Waals surface area contributed by atoms with E-state index < -0.39 is 5.60 Å². The first-order chi connectivity index (χ1) is 13.2. The highest BCUT2D eigenvalue weighted by atomic mass is 16.3. The van der Waals surface area contributed by atoms with Gasteiger partial charge in [0.15, 0.2) is 5.69 Å². The van der Waals surface area contributed by atoms with Gasteiger partial charge in [0.2, 0.25) is 0 Å². The van der Waals surface area contributed by atoms with Crippen molar-refractivity contribution in [1.29, 1.82) is 0 Å². The van der Waals surface area contributed by atoms with Crippen LogP contribution in [0.15, 0.2) is 30.3 Å². The Morgan fingerprint density at radius 2 is 1.96 bits per heavy atom. The molecule has 0 unspecified atom stereocenters. The number of aryl methyl sites for hydroxylation is 1. The third-order valence-electron chi connectivity index (χ3n) is 7.01. The second-order valence-electron chi connectivity index (χ2n) is 8.50. The monoisotopic (exact) mass is 365 g/mol. The molecule has 5 rings (SSSR count). The number of likely N-dealkylation sites (tertiary alicyclic amines) is 1. The normalized spacial score (nSPS) is 30.0. The fraction of sp³-hybridized carbons (Fsp3) is 0.545. The molecule has 2 heterocycles. The summed E-state index contributed by atoms with van der Waals surface area (Å²) in [4.78, 5) is 15.2. The Balaban J connectivity index is 1.41. The molecule has 5 heteroatoms. The first-order valence-corrected chi connectivity index (χ1v) is 10.3. The lowest BCUT2D eigenvalue weighted by Gasteiger charge is -2.41. The van der Waals surface area contributed by atoms with Gasteiger partial charge in [0.1, 0.15) is 0 Å². The molecule has 5 nitrogen and oxygen atoms in total. The van der Waals surface area contributed by atoms with Crippen molar-refractivity contribution in [1.82, 2.24) is 15.1 Å². The fourth-order valence-electron chi connectivity index (χ4n) is 5.58. The van der Waals surface area contributed by atoms with E-state index in [2.05, 4.69) is 10.2 Å². The highest BCUT2D eigenvalue weighted by Gasteiger charge is 2.50. The number of nitrogens with one attached hydrogen (secondary N) is 1. The Labute approximate surface area is 159 Å². The van der Waals surface area contributed by atoms with Crippen molar-refractivity contribution in [3.63, 3.8) is 0 Å². The Hall–Kier alpha value is -2.14. The summed E-state index contributed by atoms with van der Waals surface area (Å²) < 4.78 is 0. The molecule has 2 fully saturated rings. The Kier molecular flexibility index (Phi) is 4.08. The number of hydrogen-bond donors (Lipinski definition) is 2. The third kappa shape index (κ3) is 2.71. The van der Waals surface area contributed by atoms with Gasteiger partial charge in [0.05, 0.1) is 5.60 Å². The summed E-state index contributed by atoms with van der Waals surface area (Å²) in [6.45, 7) is 1.36. The second kappa shape index (κ2) is 6.48. The van der Waals surface area contributed by atoms with Crippen LogP contribution < -0.4 is 0 Å². The fourth-order valence-corrected chi connectivity index (χ4v) is 5.58. The van der Waals surface area contributed by atoms with Crippen molar-refractivity contribution in [2.45, 2.75) is 50.5 Å². The summed E-state index contributed by atoms with van der Waals surface area (Å²) in [5, 5.41) is 19.0. The number of aromatic amines is 1. The smallest absolute Gasteiger partial charge is 0.274 e. The molecule has 2 N–H and O–H groups in total. The van der Waals surface area contributed by atoms with E-state index >= 15 is 0 Å². The van der Waals surface area contributed by atoms with Crippen molar-refractivity contribution in [3.8, 4) is 0 Å². The molecule has 1 amide bonds. The quantitative estimate of drug-likeness (QED) is 0.859. The van der Waals surface area contributed by atoms with E-state index in [0.29, 0.717) is 18.2 Å². The van der Waals surface area contributed by atoms with Crippen molar-refractivity contribution < 1.29 is 9.90 Å². The van der Waals surface area contributed by atoms with Crippen LogP contribution in [0.5, 0.6) is 0 Å². The van der Waals surface area contributed by atoms with E-state index in [-0.39, 0.29) is 11.8 Å². The lowest BCUT2D eigenvalue weighted by molar-refractivity contribution is -0.0644. The first kappa shape index (κ1) is 17.0. The molecule has 1 saturated heterocycles. The van der Waals surface area contributed by atoms with Gasteiger partial charge in [-0.2, -0.15) is 5.10 Å². The SMILES string of the molecule is O=C(c1n[nH]c2c1CCCC2)N1C[C@H]2CCC[C@](O)(c3ccccc3)[C@H]2C1. The summed E-state index contributed by atoms with van der Waals surface area (Å²) in [5.74, 6) is 0.509. The highest BCUT2D eigenvalue weighted by molar-refractivity contribution is 5.94. The molecular weight excluding hydrogens is 338 g/mol. The van der Waals surface area contributed by atoms with E-state index in [0.717, 1.165) is 61.9 Å². The van der Waals surface area contributed by atoms with Crippen molar-refractivity contribution >= 4 is 5.91 Å². The molecule has 0 radical (unpaired) electrons. The molecule has 2 aliphatic carbocycles. The van der Waals surface area contributed by atoms with Crippen LogP contribution in [0.3, 0.4) is 0 Å². The summed E-state index contributed by atoms with van der Waals surface area (Å²) in [6, 6.07) is 10.0. The maximum atomic E-state index is 13.2. The molecule has 0 spiro atoms. The predicted molar refractivity (Wildman–Crippen MR) is 102 cm³/mol. The van der Waals surface area contributed by atoms with Gasteiger partial charge in [-0.3, -0.25) is 9.89 Å². The van der Waals surface area contributed by atoms with Gasteiger partial charge in [-0.25, -0.2) is 0 Å². The molecule has 3 aliphatic rings. The predicted octanol–water partition coefficient (Wildman–Crippen LogP) is 3.05. The number of aliphatic hydroxyl groups is 1. The van der Waals surface area contributed by atoms with Crippen LogP contribution in [0, 0.1) is 11.8 Å². The Morgan fingerprint density at radius 3 is 2.81 bits per heavy atom. The van der Waals surface area contributed by atoms with Crippen LogP contribution in [-0.2, 0) is 18.4 Å². The maximum absolute atomic E-state index is 13.2. The number of fused-ring (bicyclic) bond motifs is 2. The van der Waals surface area contributed by atoms with E-state index in [4.69, 9.17) is 0 Å². The number of rotatable bonds is 2. The number of carbonyl (C=O) groups excluding carboxylic acids is 1. The van der Waals surface area contributed by atoms with Crippen molar-refractivity contribution in [2.75, 3.05) is 13.1 Å². The van der Waals surface area contributed by atoms with Gasteiger partial charge in [-0.15, -0.1) is 0 Å². The van der Waals surface area contributed by atoms with Crippen LogP contribution >= 0.6 is 0 Å². The number of hydrogen-bond acceptors (Lipinski definition) is 3. The molecule has 0 bridgehead atoms. The molecule has 27 heavy (non-hydrogen) atoms. The maximum Gasteiger partial charge on any atom is 0.274 e. The van der Waals surface area contributed by atoms with Crippen LogP contribution in [0.2, 0.25) is 0 Å². The minimum absolute atomic E-state index is 0.0409. The number of carbonyl (C=O) groups is 1. The number of nitrogens with zero attached hydrogens (tertiary/aromatic N) is 2. The largest absolute Gasteiger partial charge is 0.385 e. The summed E-state index contributed by atoms with van der Waals surface area (Å²) in [6.07, 6.45) is 7.11. The average molecular weight is 365 g/mol. The molecule has 1 aromatic heterocycles. The number of H-pyrrole nitrogens is 1. The zero-order valence-corrected chi connectivity index (χ0v) is 15.7. The molecule has 142 valence electrons. The molecular formula is C22H27N3O2. The molecule has 1 aliphatic heterocycles. The summed E-state index contributed by atoms with van der Waals surface area (Å²) >= 11 is 0. The molecule has 2 aromatic rings. The zero-order valence-electron chi connectivity index (χ0n) is 15.7. The third-order valence-corrected chi connectivity index (χ3v) is 7.01. The van der Waals surface area contributed by atoms with E-state index in [1.165, 1.54) is 6.42 Å². The van der Waals surface area contributed by atoms with E-state index in [1.54, 1.807) is 0 Å². The van der Waals surface area contributed by atoms with Gasteiger partial charge < -0.3 is 10.0 Å². The van der Waals surface area contributed by atoms with E-state index in [9.17, 15) is 9.90 Å². The van der Waals surface area contributed by atoms with Crippen LogP contribution in [0.1, 0.15) is 59.4 Å². The van der Waals surface area contributed by atoms with Gasteiger partial charge in [-0.1, -0.05) is 30.3 Å². The lowest BCUT2D eigenvalue weighted by Crippen LogP contribution is -2.43. The average Bonchev–Trinajstić information content (AvgIpc) is 3.33. The van der Waals surface area contributed by atoms with Gasteiger partial charge in [-0.05, 0) is 56.4 Å². The minimum atomic E-state index is -0.829. The first-order valence-electron chi connectivity index (χ1n) is 10.3. The Bertz CT molecular complexity index is 846. The van der Waals surface area contributed by atoms with Crippen LogP contribution in [0.25, 0.3) is 0 Å². The van der Waals surface area contributed by atoms with Crippen LogP contribution in [-0.4, -0.2) is 39.2 Å². The topological polar surface area (TPSA) is 69.2 Å². The number of aromatic nitrogens is 2. The zero-order chi connectivity index (χ0) is 18.4. The number of benzene rings is 1. The van der Waals surface area contributed by atoms with Gasteiger partial charge in [0.25, 0.3) is 5.91 Å². The highest BCUT2D eigenvalue weighted by Crippen LogP contribution is 2.48. The van der Waals surface area contributed by atoms with E-state index in [1.807, 2.05) is 35.2 Å². The lowest BCUT2D eigenvalue weighted by atomic mass is 9.67. The molecule has 3 atom stereocenters. The summed E-state index contributed by atoms with van der Waals surface area (Å²) in [5.41, 5.74) is 3.05. The summed E-state index contributed by atoms with van der Waals surface area (Å²) in [7, 11) is 0. The van der Waals surface area contributed by atoms with Crippen molar-refractivity contribution in [2.24, 2.45) is 11.8 Å². The standard InChI is InChI=1S/C22H27N3O2/c26-21(20-17-10-4-5-11-19(17)23-24-20)25-13-15-7-6-12-22(27,18(15)14-25)16-8-2-1-3-9-16/h1-3,8-9,15,18,27H,4-7,10-14H2,(H,23,24)/t15-,18+,22+/m1/s1. The molecule has 1 aromatic carbocycles. The van der Waals surface area contributed by atoms with Crippen molar-refractivity contribution in [3.05, 3.63) is 52.8 Å². The van der Waals surface area contributed by atoms with Gasteiger partial charge >= 0.3 is 0 Å². The molecule has 1 saturated carbocycles. The Morgan fingerprint density at radius 1 is 1.15 bits per heavy atom. The van der Waals surface area contributed by atoms with Gasteiger partial charge in [0, 0.05) is 30.3 Å². The van der Waals surface area contributed by atoms with Crippen LogP contribution in [0.4, 0.5) is 0 Å².